The van der Waals surface area contributed by atoms with Gasteiger partial charge in [-0.15, -0.1) is 0 Å². The van der Waals surface area contributed by atoms with Gasteiger partial charge in [0.25, 0.3) is 0 Å². The first-order valence-corrected chi connectivity index (χ1v) is 11.3. The Labute approximate surface area is 199 Å². The second kappa shape index (κ2) is 10.7. The molecule has 1 aliphatic heterocycles. The number of hydrogen-bond donors (Lipinski definition) is 2. The lowest BCUT2D eigenvalue weighted by atomic mass is 10.1. The van der Waals surface area contributed by atoms with Gasteiger partial charge < -0.3 is 20.1 Å². The largest absolute Gasteiger partial charge is 0.454 e. The molecule has 4 rings (SSSR count). The molecule has 0 atom stereocenters. The van der Waals surface area contributed by atoms with Crippen molar-refractivity contribution in [3.63, 3.8) is 0 Å². The predicted molar refractivity (Wildman–Crippen MR) is 131 cm³/mol. The van der Waals surface area contributed by atoms with Gasteiger partial charge in [-0.1, -0.05) is 48.5 Å². The number of fused-ring (bicyclic) bond motifs is 1. The van der Waals surface area contributed by atoms with Crippen molar-refractivity contribution < 1.29 is 19.1 Å². The number of amides is 3. The SMILES string of the molecule is CC(C)NC(=O)N(Cc1ccccc1)c1cccc(CC(=O)NCc2ccc3c(c2)OCO3)c1. The van der Waals surface area contributed by atoms with Crippen LogP contribution in [0, 0.1) is 0 Å². The molecule has 7 nitrogen and oxygen atoms in total. The number of ether oxygens (including phenoxy) is 2. The lowest BCUT2D eigenvalue weighted by molar-refractivity contribution is -0.120. The van der Waals surface area contributed by atoms with Crippen LogP contribution in [0.1, 0.15) is 30.5 Å². The molecule has 0 spiro atoms. The van der Waals surface area contributed by atoms with Gasteiger partial charge in [0.15, 0.2) is 11.5 Å². The van der Waals surface area contributed by atoms with E-state index in [9.17, 15) is 9.59 Å². The van der Waals surface area contributed by atoms with E-state index in [1.807, 2.05) is 86.6 Å². The molecular formula is C27H29N3O4. The Hall–Kier alpha value is -4.00. The van der Waals surface area contributed by atoms with Crippen LogP contribution in [0.5, 0.6) is 11.5 Å². The second-order valence-corrected chi connectivity index (χ2v) is 8.49. The second-order valence-electron chi connectivity index (χ2n) is 8.49. The minimum Gasteiger partial charge on any atom is -0.454 e. The number of nitrogens with zero attached hydrogens (tertiary/aromatic N) is 1. The Morgan fingerprint density at radius 2 is 1.65 bits per heavy atom. The monoisotopic (exact) mass is 459 g/mol. The van der Waals surface area contributed by atoms with Gasteiger partial charge >= 0.3 is 6.03 Å². The summed E-state index contributed by atoms with van der Waals surface area (Å²) >= 11 is 0. The zero-order valence-electron chi connectivity index (χ0n) is 19.4. The maximum absolute atomic E-state index is 12.9. The number of urea groups is 1. The molecule has 1 heterocycles. The first-order chi connectivity index (χ1) is 16.5. The molecule has 0 radical (unpaired) electrons. The summed E-state index contributed by atoms with van der Waals surface area (Å²) in [6, 6.07) is 22.8. The third kappa shape index (κ3) is 6.07. The van der Waals surface area contributed by atoms with E-state index in [0.717, 1.165) is 22.4 Å². The van der Waals surface area contributed by atoms with Crippen LogP contribution in [0.2, 0.25) is 0 Å². The van der Waals surface area contributed by atoms with Gasteiger partial charge in [0.05, 0.1) is 13.0 Å². The zero-order chi connectivity index (χ0) is 23.9. The lowest BCUT2D eigenvalue weighted by Crippen LogP contribution is -2.42. The normalized spacial score (nSPS) is 11.9. The van der Waals surface area contributed by atoms with Crippen molar-refractivity contribution in [2.24, 2.45) is 0 Å². The summed E-state index contributed by atoms with van der Waals surface area (Å²) in [7, 11) is 0. The van der Waals surface area contributed by atoms with Crippen molar-refractivity contribution in [2.45, 2.75) is 39.4 Å². The summed E-state index contributed by atoms with van der Waals surface area (Å²) in [5, 5.41) is 5.91. The summed E-state index contributed by atoms with van der Waals surface area (Å²) in [6.45, 7) is 4.90. The van der Waals surface area contributed by atoms with E-state index in [1.165, 1.54) is 0 Å². The van der Waals surface area contributed by atoms with Crippen LogP contribution in [0.15, 0.2) is 72.8 Å². The smallest absolute Gasteiger partial charge is 0.322 e. The zero-order valence-corrected chi connectivity index (χ0v) is 19.4. The number of anilines is 1. The van der Waals surface area contributed by atoms with Crippen molar-refractivity contribution in [3.8, 4) is 11.5 Å². The molecular weight excluding hydrogens is 430 g/mol. The Kier molecular flexibility index (Phi) is 7.32. The molecule has 3 aromatic carbocycles. The van der Waals surface area contributed by atoms with Gasteiger partial charge in [0.2, 0.25) is 12.7 Å². The van der Waals surface area contributed by atoms with E-state index >= 15 is 0 Å². The number of carbonyl (C=O) groups excluding carboxylic acids is 2. The molecule has 34 heavy (non-hydrogen) atoms. The average Bonchev–Trinajstić information content (AvgIpc) is 3.29. The van der Waals surface area contributed by atoms with Gasteiger partial charge in [-0.3, -0.25) is 9.69 Å². The molecule has 0 saturated heterocycles. The van der Waals surface area contributed by atoms with E-state index in [4.69, 9.17) is 9.47 Å². The summed E-state index contributed by atoms with van der Waals surface area (Å²) in [5.74, 6) is 1.31. The lowest BCUT2D eigenvalue weighted by Gasteiger charge is -2.25. The molecule has 1 aliphatic rings. The highest BCUT2D eigenvalue weighted by Gasteiger charge is 2.18. The maximum atomic E-state index is 12.9. The molecule has 0 fully saturated rings. The summed E-state index contributed by atoms with van der Waals surface area (Å²) in [5.41, 5.74) is 3.53. The van der Waals surface area contributed by atoms with Gasteiger partial charge in [-0.2, -0.15) is 0 Å². The minimum atomic E-state index is -0.178. The van der Waals surface area contributed by atoms with Crippen molar-refractivity contribution in [1.29, 1.82) is 0 Å². The quantitative estimate of drug-likeness (QED) is 0.523. The first-order valence-electron chi connectivity index (χ1n) is 11.3. The number of hydrogen-bond acceptors (Lipinski definition) is 4. The minimum absolute atomic E-state index is 0.0101. The van der Waals surface area contributed by atoms with E-state index < -0.39 is 0 Å². The standard InChI is InChI=1S/C27H29N3O4/c1-19(2)29-27(32)30(17-20-7-4-3-5-8-20)23-10-6-9-21(13-23)15-26(31)28-16-22-11-12-24-25(14-22)34-18-33-24/h3-14,19H,15-18H2,1-2H3,(H,28,31)(H,29,32). The number of rotatable bonds is 8. The van der Waals surface area contributed by atoms with Crippen molar-refractivity contribution >= 4 is 17.6 Å². The highest BCUT2D eigenvalue weighted by Crippen LogP contribution is 2.32. The van der Waals surface area contributed by atoms with Gasteiger partial charge in [0.1, 0.15) is 0 Å². The molecule has 0 aliphatic carbocycles. The van der Waals surface area contributed by atoms with Gasteiger partial charge in [-0.25, -0.2) is 4.79 Å². The average molecular weight is 460 g/mol. The number of carbonyl (C=O) groups is 2. The summed E-state index contributed by atoms with van der Waals surface area (Å²) in [4.78, 5) is 27.3. The molecule has 3 aromatic rings. The molecule has 0 unspecified atom stereocenters. The molecule has 7 heteroatoms. The molecule has 0 aromatic heterocycles. The maximum Gasteiger partial charge on any atom is 0.322 e. The Morgan fingerprint density at radius 3 is 2.44 bits per heavy atom. The van der Waals surface area contributed by atoms with Crippen LogP contribution in [0.4, 0.5) is 10.5 Å². The van der Waals surface area contributed by atoms with E-state index in [2.05, 4.69) is 10.6 Å². The summed E-state index contributed by atoms with van der Waals surface area (Å²) < 4.78 is 10.7. The molecule has 176 valence electrons. The van der Waals surface area contributed by atoms with E-state index in [1.54, 1.807) is 4.90 Å². The molecule has 3 amide bonds. The topological polar surface area (TPSA) is 79.9 Å². The first kappa shape index (κ1) is 23.2. The predicted octanol–water partition coefficient (Wildman–Crippen LogP) is 4.40. The Morgan fingerprint density at radius 1 is 0.882 bits per heavy atom. The van der Waals surface area contributed by atoms with Crippen LogP contribution in [-0.4, -0.2) is 24.8 Å². The third-order valence-corrected chi connectivity index (χ3v) is 5.35. The fraction of sp³-hybridized carbons (Fsp3) is 0.259. The van der Waals surface area contributed by atoms with Crippen LogP contribution in [-0.2, 0) is 24.3 Å². The molecule has 0 saturated carbocycles. The number of benzene rings is 3. The third-order valence-electron chi connectivity index (χ3n) is 5.35. The van der Waals surface area contributed by atoms with E-state index in [-0.39, 0.29) is 31.2 Å². The highest BCUT2D eigenvalue weighted by atomic mass is 16.7. The molecule has 2 N–H and O–H groups in total. The van der Waals surface area contributed by atoms with Gasteiger partial charge in [-0.05, 0) is 54.8 Å². The Balaban J connectivity index is 1.43. The van der Waals surface area contributed by atoms with Crippen LogP contribution >= 0.6 is 0 Å². The fourth-order valence-electron chi connectivity index (χ4n) is 3.70. The Bertz CT molecular complexity index is 1150. The van der Waals surface area contributed by atoms with Gasteiger partial charge in [0, 0.05) is 18.3 Å². The van der Waals surface area contributed by atoms with Crippen molar-refractivity contribution in [2.75, 3.05) is 11.7 Å². The van der Waals surface area contributed by atoms with Crippen LogP contribution < -0.4 is 25.0 Å². The fourth-order valence-corrected chi connectivity index (χ4v) is 3.70. The summed E-state index contributed by atoms with van der Waals surface area (Å²) in [6.07, 6.45) is 0.212. The van der Waals surface area contributed by atoms with E-state index in [0.29, 0.717) is 24.6 Å². The van der Waals surface area contributed by atoms with Crippen molar-refractivity contribution in [3.05, 3.63) is 89.5 Å². The van der Waals surface area contributed by atoms with Crippen LogP contribution in [0.25, 0.3) is 0 Å². The number of nitrogens with one attached hydrogen (secondary N) is 2. The van der Waals surface area contributed by atoms with Crippen molar-refractivity contribution in [1.82, 2.24) is 10.6 Å². The molecule has 0 bridgehead atoms. The highest BCUT2D eigenvalue weighted by molar-refractivity contribution is 5.92. The van der Waals surface area contributed by atoms with Crippen LogP contribution in [0.3, 0.4) is 0 Å².